The van der Waals surface area contributed by atoms with E-state index in [2.05, 4.69) is 5.10 Å². The number of nitro benzene ring substituents is 1. The minimum absolute atomic E-state index is 0.0287. The molecule has 0 saturated carbocycles. The topological polar surface area (TPSA) is 93.7 Å². The SMILES string of the molecule is COc1cc(F)c([N+](=O)[O-])c(N2CCN(c3cnn(C)c3)C(=O)C2)c1. The summed E-state index contributed by atoms with van der Waals surface area (Å²) in [4.78, 5) is 26.0. The molecule has 1 aromatic carbocycles. The molecule has 1 fully saturated rings. The van der Waals surface area contributed by atoms with Crippen LogP contribution in [0.15, 0.2) is 24.5 Å². The lowest BCUT2D eigenvalue weighted by atomic mass is 10.2. The van der Waals surface area contributed by atoms with Gasteiger partial charge in [0, 0.05) is 38.5 Å². The van der Waals surface area contributed by atoms with E-state index in [-0.39, 0.29) is 23.9 Å². The van der Waals surface area contributed by atoms with Gasteiger partial charge in [-0.1, -0.05) is 0 Å². The van der Waals surface area contributed by atoms with E-state index < -0.39 is 16.4 Å². The summed E-state index contributed by atoms with van der Waals surface area (Å²) < 4.78 is 20.7. The first-order valence-electron chi connectivity index (χ1n) is 7.46. The number of halogens is 1. The van der Waals surface area contributed by atoms with Gasteiger partial charge in [-0.2, -0.15) is 9.49 Å². The molecule has 10 heteroatoms. The van der Waals surface area contributed by atoms with Gasteiger partial charge in [-0.05, 0) is 0 Å². The molecule has 9 nitrogen and oxygen atoms in total. The number of aromatic nitrogens is 2. The number of hydrogen-bond acceptors (Lipinski definition) is 6. The van der Waals surface area contributed by atoms with Crippen LogP contribution in [0.1, 0.15) is 0 Å². The third-order valence-corrected chi connectivity index (χ3v) is 4.00. The molecule has 1 aromatic heterocycles. The smallest absolute Gasteiger partial charge is 0.328 e. The highest BCUT2D eigenvalue weighted by Gasteiger charge is 2.32. The second-order valence-electron chi connectivity index (χ2n) is 5.57. The lowest BCUT2D eigenvalue weighted by Gasteiger charge is -2.34. The summed E-state index contributed by atoms with van der Waals surface area (Å²) in [6.07, 6.45) is 3.28. The number of methoxy groups -OCH3 is 1. The van der Waals surface area contributed by atoms with Crippen LogP contribution in [-0.2, 0) is 11.8 Å². The molecule has 1 aliphatic heterocycles. The Balaban J connectivity index is 1.90. The molecule has 132 valence electrons. The molecule has 2 aromatic rings. The van der Waals surface area contributed by atoms with Gasteiger partial charge in [0.05, 0.1) is 30.5 Å². The number of carbonyl (C=O) groups is 1. The number of piperazine rings is 1. The second-order valence-corrected chi connectivity index (χ2v) is 5.57. The first kappa shape index (κ1) is 16.7. The van der Waals surface area contributed by atoms with E-state index in [9.17, 15) is 19.3 Å². The lowest BCUT2D eigenvalue weighted by Crippen LogP contribution is -2.50. The number of benzene rings is 1. The van der Waals surface area contributed by atoms with Crippen LogP contribution >= 0.6 is 0 Å². The quantitative estimate of drug-likeness (QED) is 0.611. The van der Waals surface area contributed by atoms with Crippen molar-refractivity contribution < 1.29 is 18.8 Å². The van der Waals surface area contributed by atoms with Gasteiger partial charge in [0.2, 0.25) is 11.7 Å². The van der Waals surface area contributed by atoms with Crippen molar-refractivity contribution in [2.24, 2.45) is 7.05 Å². The van der Waals surface area contributed by atoms with Gasteiger partial charge in [-0.15, -0.1) is 0 Å². The minimum Gasteiger partial charge on any atom is -0.497 e. The molecule has 0 N–H and O–H groups in total. The third-order valence-electron chi connectivity index (χ3n) is 4.00. The first-order chi connectivity index (χ1) is 11.9. The number of aryl methyl sites for hydroxylation is 1. The Morgan fingerprint density at radius 2 is 2.12 bits per heavy atom. The van der Waals surface area contributed by atoms with E-state index in [4.69, 9.17) is 4.74 Å². The van der Waals surface area contributed by atoms with Crippen molar-refractivity contribution in [1.29, 1.82) is 0 Å². The van der Waals surface area contributed by atoms with Gasteiger partial charge in [-0.25, -0.2) is 0 Å². The van der Waals surface area contributed by atoms with Gasteiger partial charge in [-0.3, -0.25) is 19.6 Å². The monoisotopic (exact) mass is 349 g/mol. The molecule has 0 radical (unpaired) electrons. The summed E-state index contributed by atoms with van der Waals surface area (Å²) >= 11 is 0. The van der Waals surface area contributed by atoms with Crippen LogP contribution in [0.25, 0.3) is 0 Å². The molecule has 1 amide bonds. The summed E-state index contributed by atoms with van der Waals surface area (Å²) in [6.45, 7) is 0.511. The Morgan fingerprint density at radius 3 is 2.68 bits per heavy atom. The van der Waals surface area contributed by atoms with Gasteiger partial charge in [0.1, 0.15) is 11.4 Å². The summed E-state index contributed by atoms with van der Waals surface area (Å²) in [7, 11) is 3.09. The van der Waals surface area contributed by atoms with E-state index in [1.54, 1.807) is 29.0 Å². The predicted octanol–water partition coefficient (Wildman–Crippen LogP) is 1.33. The average Bonchev–Trinajstić information content (AvgIpc) is 2.99. The summed E-state index contributed by atoms with van der Waals surface area (Å²) in [5.74, 6) is -1.10. The Labute approximate surface area is 142 Å². The van der Waals surface area contributed by atoms with Crippen molar-refractivity contribution in [2.45, 2.75) is 0 Å². The Kier molecular flexibility index (Phi) is 4.26. The summed E-state index contributed by atoms with van der Waals surface area (Å²) in [6, 6.07) is 2.32. The van der Waals surface area contributed by atoms with Crippen LogP contribution in [0.5, 0.6) is 5.75 Å². The Bertz CT molecular complexity index is 837. The van der Waals surface area contributed by atoms with Gasteiger partial charge < -0.3 is 14.5 Å². The van der Waals surface area contributed by atoms with Crippen molar-refractivity contribution in [1.82, 2.24) is 9.78 Å². The third kappa shape index (κ3) is 3.10. The number of nitro groups is 1. The Morgan fingerprint density at radius 1 is 1.36 bits per heavy atom. The molecule has 0 bridgehead atoms. The number of rotatable bonds is 4. The molecule has 0 unspecified atom stereocenters. The maximum Gasteiger partial charge on any atom is 0.328 e. The molecule has 0 aliphatic carbocycles. The number of ether oxygens (including phenoxy) is 1. The Hall–Kier alpha value is -3.17. The average molecular weight is 349 g/mol. The van der Waals surface area contributed by atoms with Gasteiger partial charge in [0.15, 0.2) is 0 Å². The number of anilines is 2. The zero-order valence-corrected chi connectivity index (χ0v) is 13.7. The lowest BCUT2D eigenvalue weighted by molar-refractivity contribution is -0.386. The molecule has 1 saturated heterocycles. The zero-order chi connectivity index (χ0) is 18.1. The first-order valence-corrected chi connectivity index (χ1v) is 7.46. The van der Waals surface area contributed by atoms with Crippen molar-refractivity contribution >= 4 is 23.0 Å². The van der Waals surface area contributed by atoms with E-state index in [1.165, 1.54) is 18.1 Å². The van der Waals surface area contributed by atoms with E-state index in [0.717, 1.165) is 6.07 Å². The highest BCUT2D eigenvalue weighted by molar-refractivity contribution is 5.98. The molecule has 2 heterocycles. The maximum atomic E-state index is 14.1. The van der Waals surface area contributed by atoms with Crippen LogP contribution in [0.4, 0.5) is 21.5 Å². The van der Waals surface area contributed by atoms with Crippen LogP contribution in [-0.4, -0.2) is 47.4 Å². The van der Waals surface area contributed by atoms with Crippen LogP contribution in [0.2, 0.25) is 0 Å². The second kappa shape index (κ2) is 6.38. The number of nitrogens with zero attached hydrogens (tertiary/aromatic N) is 5. The van der Waals surface area contributed by atoms with Crippen LogP contribution in [0.3, 0.4) is 0 Å². The largest absolute Gasteiger partial charge is 0.497 e. The van der Waals surface area contributed by atoms with E-state index >= 15 is 0 Å². The van der Waals surface area contributed by atoms with Crippen LogP contribution in [0, 0.1) is 15.9 Å². The fourth-order valence-electron chi connectivity index (χ4n) is 2.80. The number of hydrogen-bond donors (Lipinski definition) is 0. The molecule has 1 aliphatic rings. The molecule has 0 spiro atoms. The van der Waals surface area contributed by atoms with Crippen LogP contribution < -0.4 is 14.5 Å². The van der Waals surface area contributed by atoms with Crippen molar-refractivity contribution in [3.05, 3.63) is 40.5 Å². The van der Waals surface area contributed by atoms with Crippen molar-refractivity contribution in [3.8, 4) is 5.75 Å². The standard InChI is InChI=1S/C15H16FN5O4/c1-18-8-10(7-17-18)20-4-3-19(9-14(20)22)13-6-11(25-2)5-12(16)15(13)21(23)24/h5-8H,3-4,9H2,1-2H3. The molecule has 0 atom stereocenters. The fourth-order valence-corrected chi connectivity index (χ4v) is 2.80. The molecular weight excluding hydrogens is 333 g/mol. The maximum absolute atomic E-state index is 14.1. The summed E-state index contributed by atoms with van der Waals surface area (Å²) in [5.41, 5.74) is 0.0166. The molecule has 3 rings (SSSR count). The summed E-state index contributed by atoms with van der Waals surface area (Å²) in [5, 5.41) is 15.3. The highest BCUT2D eigenvalue weighted by atomic mass is 19.1. The van der Waals surface area contributed by atoms with E-state index in [1.807, 2.05) is 0 Å². The number of amides is 1. The van der Waals surface area contributed by atoms with Crippen molar-refractivity contribution in [3.63, 3.8) is 0 Å². The molecule has 25 heavy (non-hydrogen) atoms. The predicted molar refractivity (Wildman–Crippen MR) is 87.4 cm³/mol. The zero-order valence-electron chi connectivity index (χ0n) is 13.7. The number of carbonyl (C=O) groups excluding carboxylic acids is 1. The highest BCUT2D eigenvalue weighted by Crippen LogP contribution is 2.36. The molecular formula is C15H16FN5O4. The van der Waals surface area contributed by atoms with Crippen molar-refractivity contribution in [2.75, 3.05) is 36.5 Å². The van der Waals surface area contributed by atoms with Gasteiger partial charge >= 0.3 is 5.69 Å². The normalized spacial score (nSPS) is 14.8. The minimum atomic E-state index is -0.999. The fraction of sp³-hybridized carbons (Fsp3) is 0.333. The van der Waals surface area contributed by atoms with E-state index in [0.29, 0.717) is 18.8 Å². The van der Waals surface area contributed by atoms with Gasteiger partial charge in [0.25, 0.3) is 0 Å².